The number of carbonyl (C=O) groups is 2. The highest BCUT2D eigenvalue weighted by atomic mass is 28.4. The highest BCUT2D eigenvalue weighted by molar-refractivity contribution is 6.74. The zero-order valence-electron chi connectivity index (χ0n) is 25.3. The number of aromatic amines is 1. The Kier molecular flexibility index (Phi) is 7.67. The Labute approximate surface area is 243 Å². The summed E-state index contributed by atoms with van der Waals surface area (Å²) in [4.78, 5) is 38.0. The molecule has 41 heavy (non-hydrogen) atoms. The number of benzene rings is 1. The molecule has 0 unspecified atom stereocenters. The fourth-order valence-corrected chi connectivity index (χ4v) is 7.02. The van der Waals surface area contributed by atoms with Crippen LogP contribution in [0.5, 0.6) is 5.75 Å². The number of ether oxygens (including phenoxy) is 1. The molecule has 1 saturated heterocycles. The molecule has 1 aromatic carbocycles. The van der Waals surface area contributed by atoms with Crippen LogP contribution in [0.2, 0.25) is 18.1 Å². The van der Waals surface area contributed by atoms with Crippen molar-refractivity contribution < 1.29 is 18.8 Å². The molecule has 2 N–H and O–H groups in total. The second-order valence-electron chi connectivity index (χ2n) is 13.0. The molecule has 220 valence electrons. The molecule has 2 aromatic heterocycles. The van der Waals surface area contributed by atoms with Crippen molar-refractivity contribution in [3.63, 3.8) is 0 Å². The minimum absolute atomic E-state index is 0.0341. The number of hydrogen-bond donors (Lipinski definition) is 2. The van der Waals surface area contributed by atoms with Gasteiger partial charge in [0.15, 0.2) is 8.32 Å². The molecule has 0 radical (unpaired) electrons. The number of likely N-dealkylation sites (tertiary alicyclic amines) is 1. The van der Waals surface area contributed by atoms with Crippen LogP contribution in [0.25, 0.3) is 10.9 Å². The Bertz CT molecular complexity index is 1420. The fourth-order valence-electron chi connectivity index (χ4n) is 6.01. The topological polar surface area (TPSA) is 99.8 Å². The summed E-state index contributed by atoms with van der Waals surface area (Å²) >= 11 is 0. The minimum atomic E-state index is -2.06. The quantitative estimate of drug-likeness (QED) is 0.359. The second kappa shape index (κ2) is 10.8. The number of hydrogen-bond acceptors (Lipinski definition) is 5. The van der Waals surface area contributed by atoms with E-state index in [1.54, 1.807) is 32.5 Å². The first-order valence-electron chi connectivity index (χ1n) is 14.4. The highest BCUT2D eigenvalue weighted by Crippen LogP contribution is 2.50. The van der Waals surface area contributed by atoms with Crippen LogP contribution in [0.1, 0.15) is 57.8 Å². The standard InChI is InChI=1S/C31H43N5O4Si/c1-21(37)36-20-31(12-15-35(16-13-31)29(38)33-22-9-8-14-32-18-22)27-24-11-10-23(39-5)17-25(24)34-28(27)26(36)19-40-41(6,7)30(2,3)4/h8-11,14,17-18,26,34H,12-13,15-16,19-20H2,1-7H3,(H,33,38)/t26-/m0/s1. The van der Waals surface area contributed by atoms with Gasteiger partial charge in [-0.15, -0.1) is 0 Å². The number of anilines is 1. The number of H-pyrrole nitrogens is 1. The molecule has 4 heterocycles. The Morgan fingerprint density at radius 1 is 1.20 bits per heavy atom. The predicted molar refractivity (Wildman–Crippen MR) is 164 cm³/mol. The van der Waals surface area contributed by atoms with E-state index in [2.05, 4.69) is 55.2 Å². The molecule has 1 spiro atoms. The van der Waals surface area contributed by atoms with Gasteiger partial charge in [0, 0.05) is 60.8 Å². The predicted octanol–water partition coefficient (Wildman–Crippen LogP) is 6.06. The number of amides is 3. The Hall–Kier alpha value is -3.37. The van der Waals surface area contributed by atoms with E-state index in [-0.39, 0.29) is 28.4 Å². The third kappa shape index (κ3) is 5.47. The van der Waals surface area contributed by atoms with E-state index in [1.807, 2.05) is 28.0 Å². The Morgan fingerprint density at radius 2 is 1.93 bits per heavy atom. The number of methoxy groups -OCH3 is 1. The third-order valence-corrected chi connectivity index (χ3v) is 14.0. The summed E-state index contributed by atoms with van der Waals surface area (Å²) in [6.45, 7) is 15.1. The van der Waals surface area contributed by atoms with Crippen molar-refractivity contribution >= 4 is 36.8 Å². The van der Waals surface area contributed by atoms with Crippen molar-refractivity contribution in [2.75, 3.05) is 38.7 Å². The van der Waals surface area contributed by atoms with Gasteiger partial charge in [-0.3, -0.25) is 9.78 Å². The number of nitrogens with one attached hydrogen (secondary N) is 2. The lowest BCUT2D eigenvalue weighted by atomic mass is 9.68. The summed E-state index contributed by atoms with van der Waals surface area (Å²) in [6, 6.07) is 9.45. The van der Waals surface area contributed by atoms with Crippen molar-refractivity contribution in [1.29, 1.82) is 0 Å². The number of carbonyl (C=O) groups excluding carboxylic acids is 2. The van der Waals surface area contributed by atoms with Crippen molar-refractivity contribution in [2.24, 2.45) is 0 Å². The van der Waals surface area contributed by atoms with Crippen LogP contribution >= 0.6 is 0 Å². The number of piperidine rings is 1. The molecule has 0 saturated carbocycles. The molecule has 3 amide bonds. The number of pyridine rings is 1. The molecule has 0 bridgehead atoms. The van der Waals surface area contributed by atoms with E-state index in [0.717, 1.165) is 35.2 Å². The maximum Gasteiger partial charge on any atom is 0.321 e. The van der Waals surface area contributed by atoms with Gasteiger partial charge in [-0.2, -0.15) is 0 Å². The van der Waals surface area contributed by atoms with Gasteiger partial charge >= 0.3 is 6.03 Å². The number of fused-ring (bicyclic) bond motifs is 4. The number of nitrogens with zero attached hydrogens (tertiary/aromatic N) is 3. The SMILES string of the molecule is COc1ccc2c3c([nH]c2c1)[C@H](CO[Si](C)(C)C(C)(C)C)N(C(C)=O)CC31CCN(C(=O)Nc2cccnc2)CC1. The molecular weight excluding hydrogens is 534 g/mol. The summed E-state index contributed by atoms with van der Waals surface area (Å²) in [5, 5.41) is 4.17. The molecule has 10 heteroatoms. The van der Waals surface area contributed by atoms with E-state index in [1.165, 1.54) is 5.56 Å². The van der Waals surface area contributed by atoms with Gasteiger partial charge in [-0.05, 0) is 60.8 Å². The Morgan fingerprint density at radius 3 is 2.54 bits per heavy atom. The lowest BCUT2D eigenvalue weighted by molar-refractivity contribution is -0.134. The molecule has 3 aromatic rings. The van der Waals surface area contributed by atoms with Gasteiger partial charge < -0.3 is 29.3 Å². The monoisotopic (exact) mass is 577 g/mol. The Balaban J connectivity index is 1.50. The highest BCUT2D eigenvalue weighted by Gasteiger charge is 2.49. The largest absolute Gasteiger partial charge is 0.497 e. The van der Waals surface area contributed by atoms with Gasteiger partial charge in [0.05, 0.1) is 31.6 Å². The molecule has 5 rings (SSSR count). The summed E-state index contributed by atoms with van der Waals surface area (Å²) in [6.07, 6.45) is 4.83. The van der Waals surface area contributed by atoms with Crippen LogP contribution in [0.15, 0.2) is 42.7 Å². The van der Waals surface area contributed by atoms with E-state index in [9.17, 15) is 9.59 Å². The molecule has 1 fully saturated rings. The fraction of sp³-hybridized carbons (Fsp3) is 0.516. The van der Waals surface area contributed by atoms with E-state index in [4.69, 9.17) is 9.16 Å². The van der Waals surface area contributed by atoms with Crippen LogP contribution in [0.4, 0.5) is 10.5 Å². The second-order valence-corrected chi connectivity index (χ2v) is 17.8. The zero-order valence-corrected chi connectivity index (χ0v) is 26.3. The summed E-state index contributed by atoms with van der Waals surface area (Å²) in [7, 11) is -0.386. The average Bonchev–Trinajstić information content (AvgIpc) is 3.32. The third-order valence-electron chi connectivity index (χ3n) is 9.48. The van der Waals surface area contributed by atoms with Gasteiger partial charge in [-0.25, -0.2) is 4.79 Å². The normalized spacial score (nSPS) is 18.9. The first-order chi connectivity index (χ1) is 19.3. The molecule has 0 aliphatic carbocycles. The summed E-state index contributed by atoms with van der Waals surface area (Å²) in [5.74, 6) is 0.816. The van der Waals surface area contributed by atoms with Crippen molar-refractivity contribution in [1.82, 2.24) is 19.8 Å². The van der Waals surface area contributed by atoms with Crippen LogP contribution < -0.4 is 10.1 Å². The van der Waals surface area contributed by atoms with Gasteiger partial charge in [0.1, 0.15) is 5.75 Å². The minimum Gasteiger partial charge on any atom is -0.497 e. The number of aromatic nitrogens is 2. The van der Waals surface area contributed by atoms with Crippen molar-refractivity contribution in [3.05, 3.63) is 54.0 Å². The molecule has 9 nitrogen and oxygen atoms in total. The molecular formula is C31H43N5O4Si. The van der Waals surface area contributed by atoms with Crippen LogP contribution in [-0.2, 0) is 14.6 Å². The molecule has 2 aliphatic heterocycles. The van der Waals surface area contributed by atoms with Crippen LogP contribution in [-0.4, -0.2) is 73.4 Å². The van der Waals surface area contributed by atoms with Crippen molar-refractivity contribution in [3.8, 4) is 5.75 Å². The maximum absolute atomic E-state index is 13.2. The molecule has 2 aliphatic rings. The van der Waals surface area contributed by atoms with E-state index >= 15 is 0 Å². The first kappa shape index (κ1) is 29.1. The van der Waals surface area contributed by atoms with E-state index in [0.29, 0.717) is 31.9 Å². The van der Waals surface area contributed by atoms with Crippen molar-refractivity contribution in [2.45, 2.75) is 70.1 Å². The summed E-state index contributed by atoms with van der Waals surface area (Å²) < 4.78 is 12.3. The van der Waals surface area contributed by atoms with E-state index < -0.39 is 8.32 Å². The molecule has 1 atom stereocenters. The van der Waals surface area contributed by atoms with Crippen LogP contribution in [0.3, 0.4) is 0 Å². The first-order valence-corrected chi connectivity index (χ1v) is 17.3. The lowest BCUT2D eigenvalue weighted by Crippen LogP contribution is -2.56. The van der Waals surface area contributed by atoms with Gasteiger partial charge in [0.25, 0.3) is 0 Å². The average molecular weight is 578 g/mol. The number of urea groups is 1. The zero-order chi connectivity index (χ0) is 29.6. The van der Waals surface area contributed by atoms with Gasteiger partial charge in [0.2, 0.25) is 5.91 Å². The van der Waals surface area contributed by atoms with Crippen LogP contribution in [0, 0.1) is 0 Å². The smallest absolute Gasteiger partial charge is 0.321 e. The van der Waals surface area contributed by atoms with Gasteiger partial charge in [-0.1, -0.05) is 20.8 Å². The number of rotatable bonds is 5. The maximum atomic E-state index is 13.2. The lowest BCUT2D eigenvalue weighted by Gasteiger charge is -2.50. The summed E-state index contributed by atoms with van der Waals surface area (Å²) in [5.41, 5.74) is 3.68.